The Hall–Kier alpha value is -2.75. The smallest absolute Gasteiger partial charge is 0.124 e. The van der Waals surface area contributed by atoms with Crippen molar-refractivity contribution in [3.05, 3.63) is 60.9 Å². The number of hydrogen-bond donors (Lipinski definition) is 0. The second-order valence-electron chi connectivity index (χ2n) is 5.34. The molecule has 0 aromatic carbocycles. The standard InChI is InChI=1S/C19H19N3O/c1-3-14(2)23-15-12-18(16-8-4-6-10-20-16)22-19(13-15)17-9-5-7-11-21-17/h4-14H,3H2,1-2H3. The molecule has 0 radical (unpaired) electrons. The molecule has 0 bridgehead atoms. The van der Waals surface area contributed by atoms with Gasteiger partial charge in [0.15, 0.2) is 0 Å². The first-order valence-corrected chi connectivity index (χ1v) is 7.78. The van der Waals surface area contributed by atoms with Crippen molar-refractivity contribution in [3.63, 3.8) is 0 Å². The third kappa shape index (κ3) is 3.72. The molecule has 3 aromatic heterocycles. The lowest BCUT2D eigenvalue weighted by atomic mass is 10.2. The third-order valence-electron chi connectivity index (χ3n) is 3.57. The molecule has 0 aliphatic rings. The summed E-state index contributed by atoms with van der Waals surface area (Å²) in [5, 5.41) is 0. The fourth-order valence-electron chi connectivity index (χ4n) is 2.18. The van der Waals surface area contributed by atoms with Crippen LogP contribution in [0.4, 0.5) is 0 Å². The van der Waals surface area contributed by atoms with Crippen molar-refractivity contribution in [1.29, 1.82) is 0 Å². The van der Waals surface area contributed by atoms with Crippen LogP contribution in [-0.4, -0.2) is 21.1 Å². The molecular formula is C19H19N3O. The van der Waals surface area contributed by atoms with Crippen molar-refractivity contribution in [1.82, 2.24) is 15.0 Å². The Morgan fingerprint density at radius 2 is 1.43 bits per heavy atom. The van der Waals surface area contributed by atoms with Crippen LogP contribution in [0.25, 0.3) is 22.8 Å². The Balaban J connectivity index is 2.07. The predicted molar refractivity (Wildman–Crippen MR) is 91.1 cm³/mol. The highest BCUT2D eigenvalue weighted by Gasteiger charge is 2.11. The summed E-state index contributed by atoms with van der Waals surface area (Å²) >= 11 is 0. The zero-order chi connectivity index (χ0) is 16.1. The summed E-state index contributed by atoms with van der Waals surface area (Å²) in [6.07, 6.45) is 4.62. The zero-order valence-electron chi connectivity index (χ0n) is 13.3. The van der Waals surface area contributed by atoms with Crippen LogP contribution >= 0.6 is 0 Å². The topological polar surface area (TPSA) is 47.9 Å². The van der Waals surface area contributed by atoms with Gasteiger partial charge >= 0.3 is 0 Å². The Morgan fingerprint density at radius 1 is 0.870 bits per heavy atom. The Morgan fingerprint density at radius 3 is 1.87 bits per heavy atom. The van der Waals surface area contributed by atoms with Crippen molar-refractivity contribution in [3.8, 4) is 28.5 Å². The van der Waals surface area contributed by atoms with Crippen LogP contribution in [0.15, 0.2) is 60.9 Å². The van der Waals surface area contributed by atoms with Gasteiger partial charge in [0.05, 0.1) is 28.9 Å². The van der Waals surface area contributed by atoms with Crippen LogP contribution in [0.5, 0.6) is 5.75 Å². The van der Waals surface area contributed by atoms with Crippen LogP contribution in [-0.2, 0) is 0 Å². The van der Waals surface area contributed by atoms with Crippen molar-refractivity contribution < 1.29 is 4.74 Å². The molecule has 23 heavy (non-hydrogen) atoms. The van der Waals surface area contributed by atoms with E-state index in [2.05, 4.69) is 23.8 Å². The van der Waals surface area contributed by atoms with Gasteiger partial charge in [-0.25, -0.2) is 4.98 Å². The number of ether oxygens (including phenoxy) is 1. The van der Waals surface area contributed by atoms with Crippen LogP contribution in [0.2, 0.25) is 0 Å². The van der Waals surface area contributed by atoms with Crippen molar-refractivity contribution >= 4 is 0 Å². The summed E-state index contributed by atoms with van der Waals surface area (Å²) in [5.74, 6) is 0.788. The van der Waals surface area contributed by atoms with Gasteiger partial charge in [0.25, 0.3) is 0 Å². The normalized spacial score (nSPS) is 11.9. The van der Waals surface area contributed by atoms with E-state index in [0.717, 1.165) is 34.9 Å². The van der Waals surface area contributed by atoms with E-state index in [1.165, 1.54) is 0 Å². The first-order chi connectivity index (χ1) is 11.3. The molecule has 0 N–H and O–H groups in total. The van der Waals surface area contributed by atoms with Gasteiger partial charge in [0.1, 0.15) is 5.75 Å². The zero-order valence-corrected chi connectivity index (χ0v) is 13.3. The average molecular weight is 305 g/mol. The number of rotatable bonds is 5. The second-order valence-corrected chi connectivity index (χ2v) is 5.34. The van der Waals surface area contributed by atoms with E-state index in [1.807, 2.05) is 48.5 Å². The van der Waals surface area contributed by atoms with Crippen molar-refractivity contribution in [2.45, 2.75) is 26.4 Å². The first-order valence-electron chi connectivity index (χ1n) is 7.78. The summed E-state index contributed by atoms with van der Waals surface area (Å²) in [4.78, 5) is 13.5. The summed E-state index contributed by atoms with van der Waals surface area (Å²) < 4.78 is 5.99. The predicted octanol–water partition coefficient (Wildman–Crippen LogP) is 4.38. The number of pyridine rings is 3. The molecule has 0 saturated carbocycles. The Labute approximate surface area is 136 Å². The highest BCUT2D eigenvalue weighted by atomic mass is 16.5. The second kappa shape index (κ2) is 7.01. The molecule has 0 saturated heterocycles. The monoisotopic (exact) mass is 305 g/mol. The maximum Gasteiger partial charge on any atom is 0.124 e. The van der Waals surface area contributed by atoms with Gasteiger partial charge in [-0.15, -0.1) is 0 Å². The molecule has 1 atom stereocenters. The maximum atomic E-state index is 5.99. The van der Waals surface area contributed by atoms with Crippen molar-refractivity contribution in [2.24, 2.45) is 0 Å². The molecule has 3 rings (SSSR count). The number of aromatic nitrogens is 3. The van der Waals surface area contributed by atoms with Gasteiger partial charge in [-0.3, -0.25) is 9.97 Å². The first kappa shape index (κ1) is 15.2. The molecule has 3 heterocycles. The quantitative estimate of drug-likeness (QED) is 0.701. The molecule has 3 aromatic rings. The molecule has 0 aliphatic carbocycles. The van der Waals surface area contributed by atoms with Gasteiger partial charge in [-0.1, -0.05) is 19.1 Å². The summed E-state index contributed by atoms with van der Waals surface area (Å²) in [6, 6.07) is 15.4. The highest BCUT2D eigenvalue weighted by Crippen LogP contribution is 2.27. The van der Waals surface area contributed by atoms with Gasteiger partial charge in [0, 0.05) is 24.5 Å². The summed E-state index contributed by atoms with van der Waals surface area (Å²) in [5.41, 5.74) is 3.21. The minimum Gasteiger partial charge on any atom is -0.491 e. The van der Waals surface area contributed by atoms with E-state index in [-0.39, 0.29) is 6.10 Å². The molecule has 0 spiro atoms. The van der Waals surface area contributed by atoms with E-state index < -0.39 is 0 Å². The largest absolute Gasteiger partial charge is 0.491 e. The summed E-state index contributed by atoms with van der Waals surface area (Å²) in [6.45, 7) is 4.16. The SMILES string of the molecule is CCC(C)Oc1cc(-c2ccccn2)nc(-c2ccccn2)c1. The van der Waals surface area contributed by atoms with Crippen LogP contribution in [0.1, 0.15) is 20.3 Å². The lowest BCUT2D eigenvalue weighted by Gasteiger charge is -2.14. The molecule has 1 unspecified atom stereocenters. The van der Waals surface area contributed by atoms with Crippen LogP contribution in [0.3, 0.4) is 0 Å². The van der Waals surface area contributed by atoms with E-state index in [0.29, 0.717) is 0 Å². The fourth-order valence-corrected chi connectivity index (χ4v) is 2.18. The number of nitrogens with zero attached hydrogens (tertiary/aromatic N) is 3. The third-order valence-corrected chi connectivity index (χ3v) is 3.57. The Kier molecular flexibility index (Phi) is 4.62. The lowest BCUT2D eigenvalue weighted by molar-refractivity contribution is 0.217. The molecule has 0 aliphatic heterocycles. The molecule has 0 fully saturated rings. The van der Waals surface area contributed by atoms with E-state index >= 15 is 0 Å². The lowest BCUT2D eigenvalue weighted by Crippen LogP contribution is -2.10. The van der Waals surface area contributed by atoms with Crippen molar-refractivity contribution in [2.75, 3.05) is 0 Å². The molecular weight excluding hydrogens is 286 g/mol. The minimum atomic E-state index is 0.144. The van der Waals surface area contributed by atoms with Crippen LogP contribution in [0, 0.1) is 0 Å². The maximum absolute atomic E-state index is 5.99. The minimum absolute atomic E-state index is 0.144. The molecule has 4 nitrogen and oxygen atoms in total. The van der Waals surface area contributed by atoms with E-state index in [9.17, 15) is 0 Å². The Bertz CT molecular complexity index is 702. The van der Waals surface area contributed by atoms with Gasteiger partial charge < -0.3 is 4.74 Å². The van der Waals surface area contributed by atoms with E-state index in [1.54, 1.807) is 12.4 Å². The van der Waals surface area contributed by atoms with E-state index in [4.69, 9.17) is 9.72 Å². The van der Waals surface area contributed by atoms with Gasteiger partial charge in [0.2, 0.25) is 0 Å². The molecule has 116 valence electrons. The highest BCUT2D eigenvalue weighted by molar-refractivity contribution is 5.64. The summed E-state index contributed by atoms with van der Waals surface area (Å²) in [7, 11) is 0. The fraction of sp³-hybridized carbons (Fsp3) is 0.211. The average Bonchev–Trinajstić information content (AvgIpc) is 2.63. The van der Waals surface area contributed by atoms with Gasteiger partial charge in [-0.2, -0.15) is 0 Å². The molecule has 4 heteroatoms. The molecule has 0 amide bonds. The van der Waals surface area contributed by atoms with Crippen LogP contribution < -0.4 is 4.74 Å². The number of hydrogen-bond acceptors (Lipinski definition) is 4. The van der Waals surface area contributed by atoms with Gasteiger partial charge in [-0.05, 0) is 37.6 Å².